The molecule has 0 aromatic heterocycles. The minimum atomic E-state index is -0.221. The van der Waals surface area contributed by atoms with Crippen LogP contribution in [0.15, 0.2) is 0 Å². The highest BCUT2D eigenvalue weighted by Crippen LogP contribution is 2.65. The van der Waals surface area contributed by atoms with E-state index in [0.29, 0.717) is 42.1 Å². The van der Waals surface area contributed by atoms with Gasteiger partial charge in [-0.1, -0.05) is 89.9 Å². The topological polar surface area (TPSA) is 105 Å². The fraction of sp³-hybridized carbons (Fsp3) is 0.951. The third-order valence-corrected chi connectivity index (χ3v) is 27.0. The van der Waals surface area contributed by atoms with Crippen molar-refractivity contribution in [1.82, 2.24) is 25.3 Å². The lowest BCUT2D eigenvalue weighted by molar-refractivity contribution is -0.128. The molecule has 0 aromatic carbocycles. The van der Waals surface area contributed by atoms with E-state index >= 15 is 0 Å². The summed E-state index contributed by atoms with van der Waals surface area (Å²) in [6.45, 7) is 1.80. The molecule has 5 heterocycles. The summed E-state index contributed by atoms with van der Waals surface area (Å²) in [7, 11) is 0. The van der Waals surface area contributed by atoms with Gasteiger partial charge in [0, 0.05) is 89.8 Å². The first-order valence-corrected chi connectivity index (χ1v) is 32.2. The van der Waals surface area contributed by atoms with Crippen LogP contribution in [-0.2, 0) is 0 Å². The summed E-state index contributed by atoms with van der Waals surface area (Å²) in [5.74, 6) is 7.22. The largest absolute Gasteiger partial charge is 0.301 e. The fourth-order valence-corrected chi connectivity index (χ4v) is 25.4. The molecule has 382 valence electrons. The van der Waals surface area contributed by atoms with E-state index in [-0.39, 0.29) is 35.8 Å². The number of likely N-dealkylation sites (tertiary alicyclic amines) is 3. The summed E-state index contributed by atoms with van der Waals surface area (Å²) in [4.78, 5) is 10.6. The van der Waals surface area contributed by atoms with Crippen LogP contribution in [0.3, 0.4) is 0 Å². The lowest BCUT2D eigenvalue weighted by Gasteiger charge is -2.64. The second-order valence-corrected chi connectivity index (χ2v) is 29.0. The maximum Gasteiger partial charge on any atom is 0.0659 e. The van der Waals surface area contributed by atoms with Gasteiger partial charge in [-0.3, -0.25) is 14.7 Å². The summed E-state index contributed by atoms with van der Waals surface area (Å²) in [6.07, 6.45) is 42.3. The Balaban J connectivity index is 0.951. The molecule has 8 nitrogen and oxygen atoms in total. The monoisotopic (exact) mass is 969 g/mol. The van der Waals surface area contributed by atoms with Crippen molar-refractivity contribution < 1.29 is 0 Å². The lowest BCUT2D eigenvalue weighted by Crippen LogP contribution is -2.78. The number of nitrogens with zero attached hydrogens (tertiary/aromatic N) is 6. The highest BCUT2D eigenvalue weighted by molar-refractivity contribution is 8.00. The Morgan fingerprint density at radius 3 is 1.13 bits per heavy atom. The van der Waals surface area contributed by atoms with Gasteiger partial charge in [-0.05, 0) is 162 Å². The van der Waals surface area contributed by atoms with E-state index in [1.54, 1.807) is 0 Å². The van der Waals surface area contributed by atoms with E-state index in [4.69, 9.17) is 0 Å². The fourth-order valence-electron chi connectivity index (χ4n) is 23.1. The first-order chi connectivity index (χ1) is 34.6. The zero-order chi connectivity index (χ0) is 46.6. The number of hydrogen-bond donors (Lipinski definition) is 2. The maximum absolute atomic E-state index is 10.7. The highest BCUT2D eigenvalue weighted by Gasteiger charge is 2.70. The second kappa shape index (κ2) is 19.6. The van der Waals surface area contributed by atoms with Gasteiger partial charge in [-0.2, -0.15) is 27.5 Å². The van der Waals surface area contributed by atoms with Crippen molar-refractivity contribution in [3.8, 4) is 18.2 Å². The van der Waals surface area contributed by atoms with Crippen molar-refractivity contribution in [2.24, 2.45) is 82.9 Å². The predicted octanol–water partition coefficient (Wildman–Crippen LogP) is 11.3. The number of rotatable bonds is 5. The van der Waals surface area contributed by atoms with Gasteiger partial charge in [0.2, 0.25) is 0 Å². The summed E-state index contributed by atoms with van der Waals surface area (Å²) >= 11 is 2.62. The van der Waals surface area contributed by atoms with Crippen LogP contribution in [0, 0.1) is 117 Å². The zero-order valence-electron chi connectivity index (χ0n) is 43.2. The molecule has 22 unspecified atom stereocenters. The molecule has 9 aliphatic carbocycles. The van der Waals surface area contributed by atoms with Gasteiger partial charge in [-0.15, -0.1) is 0 Å². The summed E-state index contributed by atoms with van der Waals surface area (Å²) < 4.78 is 0. The molecular weight excluding hydrogens is 877 g/mol. The molecule has 9 saturated carbocycles. The number of thioether (sulfide) groups is 1. The van der Waals surface area contributed by atoms with Crippen LogP contribution in [-0.4, -0.2) is 98.8 Å². The van der Waals surface area contributed by atoms with Crippen molar-refractivity contribution in [3.63, 3.8) is 0 Å². The first-order valence-electron chi connectivity index (χ1n) is 31.3. The molecule has 5 aliphatic heterocycles. The predicted molar refractivity (Wildman–Crippen MR) is 279 cm³/mol. The molecule has 0 amide bonds. The van der Waals surface area contributed by atoms with Crippen LogP contribution in [0.4, 0.5) is 0 Å². The zero-order valence-corrected chi connectivity index (χ0v) is 44.0. The second-order valence-electron chi connectivity index (χ2n) is 27.5. The first kappa shape index (κ1) is 47.1. The molecule has 2 N–H and O–H groups in total. The van der Waals surface area contributed by atoms with Gasteiger partial charge in [0.15, 0.2) is 0 Å². The molecule has 14 fully saturated rings. The normalized spacial score (nSPS) is 54.6. The van der Waals surface area contributed by atoms with E-state index in [1.165, 1.54) is 180 Å². The quantitative estimate of drug-likeness (QED) is 0.279. The van der Waals surface area contributed by atoms with Crippen molar-refractivity contribution in [3.05, 3.63) is 0 Å². The maximum atomic E-state index is 10.7. The molecule has 0 bridgehead atoms. The van der Waals surface area contributed by atoms with Crippen LogP contribution >= 0.6 is 11.8 Å². The van der Waals surface area contributed by atoms with Crippen LogP contribution in [0.5, 0.6) is 0 Å². The minimum Gasteiger partial charge on any atom is -0.301 e. The Morgan fingerprint density at radius 2 is 0.729 bits per heavy atom. The van der Waals surface area contributed by atoms with Gasteiger partial charge in [-0.25, -0.2) is 0 Å². The average Bonchev–Trinajstić information content (AvgIpc) is 4.17. The van der Waals surface area contributed by atoms with E-state index < -0.39 is 0 Å². The molecule has 14 aliphatic rings. The van der Waals surface area contributed by atoms with Crippen LogP contribution in [0.1, 0.15) is 193 Å². The van der Waals surface area contributed by atoms with E-state index in [0.717, 1.165) is 102 Å². The Hall–Kier alpha value is -1.38. The molecule has 70 heavy (non-hydrogen) atoms. The Kier molecular flexibility index (Phi) is 13.2. The Labute approximate surface area is 428 Å². The van der Waals surface area contributed by atoms with E-state index in [9.17, 15) is 15.8 Å². The summed E-state index contributed by atoms with van der Waals surface area (Å²) in [6, 6.07) is 14.3. The molecule has 0 radical (unpaired) electrons. The standard InChI is InChI=1S/C61H92N8S/c62-31-36-29-37(32-63)54(38(30-36)33-64)39-34-65-61(66-35-39)56-58(68-49-24-10-3-17-42(49)43-18-4-11-25-50(43)68)57(67-47-22-8-1-15-40(47)41-16-2-9-23-48(41)67)55-46-21-7-14-28-53(46)70-60(55)59(56)69-51-26-12-5-19-44(51)45-20-6-13-27-52(45)69/h36-61,65-66H,1-30,34-35H2. The van der Waals surface area contributed by atoms with Gasteiger partial charge in [0.1, 0.15) is 0 Å². The summed E-state index contributed by atoms with van der Waals surface area (Å²) in [5, 5.41) is 42.1. The molecular formula is C61H92N8S. The number of nitrogens with one attached hydrogen (secondary N) is 2. The molecule has 0 spiro atoms. The smallest absolute Gasteiger partial charge is 0.0659 e. The minimum absolute atomic E-state index is 0.0226. The molecule has 9 heteroatoms. The van der Waals surface area contributed by atoms with Gasteiger partial charge in [0.25, 0.3) is 0 Å². The van der Waals surface area contributed by atoms with Gasteiger partial charge in [0.05, 0.1) is 36.2 Å². The average molecular weight is 970 g/mol. The van der Waals surface area contributed by atoms with E-state index in [1.807, 2.05) is 0 Å². The van der Waals surface area contributed by atoms with Crippen molar-refractivity contribution in [1.29, 1.82) is 15.8 Å². The third kappa shape index (κ3) is 7.50. The molecule has 0 aromatic rings. The lowest BCUT2D eigenvalue weighted by atomic mass is 9.60. The third-order valence-electron chi connectivity index (χ3n) is 25.1. The van der Waals surface area contributed by atoms with Crippen molar-refractivity contribution in [2.45, 2.75) is 264 Å². The van der Waals surface area contributed by atoms with Crippen LogP contribution in [0.2, 0.25) is 0 Å². The van der Waals surface area contributed by atoms with Gasteiger partial charge < -0.3 is 10.6 Å². The SMILES string of the molecule is N#CC1CC(C#N)C(C2CNC(C3C(N4C5CCCCC5C5CCCCC54)C4SC5CCCCC5C4C(N4C5CCCCC5C5CCCCC54)C3N3C4CCCCC4C4CCCCC43)NC2)C(C#N)C1. The van der Waals surface area contributed by atoms with Crippen molar-refractivity contribution in [2.75, 3.05) is 13.1 Å². The molecule has 5 saturated heterocycles. The Bertz CT molecular complexity index is 1910. The summed E-state index contributed by atoms with van der Waals surface area (Å²) in [5.41, 5.74) is 0. The van der Waals surface area contributed by atoms with Gasteiger partial charge >= 0.3 is 0 Å². The number of nitriles is 3. The Morgan fingerprint density at radius 1 is 0.371 bits per heavy atom. The number of fused-ring (bicyclic) bond motifs is 12. The highest BCUT2D eigenvalue weighted by atomic mass is 32.2. The van der Waals surface area contributed by atoms with Crippen LogP contribution < -0.4 is 10.6 Å². The van der Waals surface area contributed by atoms with E-state index in [2.05, 4.69) is 55.3 Å². The van der Waals surface area contributed by atoms with Crippen LogP contribution in [0.25, 0.3) is 0 Å². The molecule has 22 atom stereocenters. The molecule has 14 rings (SSSR count). The van der Waals surface area contributed by atoms with Crippen molar-refractivity contribution >= 4 is 11.8 Å². The number of hydrogen-bond acceptors (Lipinski definition) is 9.